The van der Waals surface area contributed by atoms with Crippen LogP contribution in [0.3, 0.4) is 0 Å². The Hall–Kier alpha value is -0.870. The van der Waals surface area contributed by atoms with Gasteiger partial charge in [0.05, 0.1) is 12.3 Å². The molecule has 1 aromatic rings. The van der Waals surface area contributed by atoms with Crippen LogP contribution >= 0.6 is 0 Å². The van der Waals surface area contributed by atoms with Crippen LogP contribution in [-0.2, 0) is 18.2 Å². The third kappa shape index (κ3) is 4.44. The molecule has 2 atom stereocenters. The Morgan fingerprint density at radius 3 is 2.87 bits per heavy atom. The first kappa shape index (κ1) is 12.2. The second kappa shape index (κ2) is 5.88. The third-order valence-electron chi connectivity index (χ3n) is 2.60. The molecule has 1 heterocycles. The van der Waals surface area contributed by atoms with Crippen molar-refractivity contribution in [3.8, 4) is 0 Å². The summed E-state index contributed by atoms with van der Waals surface area (Å²) in [7, 11) is 3.65. The van der Waals surface area contributed by atoms with Gasteiger partial charge in [-0.25, -0.2) is 0 Å². The lowest BCUT2D eigenvalue weighted by Crippen LogP contribution is -2.26. The number of ether oxygens (including phenoxy) is 1. The topological polar surface area (TPSA) is 53.1 Å². The number of nitrogens with zero attached hydrogens (tertiary/aromatic N) is 2. The van der Waals surface area contributed by atoms with E-state index in [0.717, 1.165) is 19.3 Å². The van der Waals surface area contributed by atoms with Crippen LogP contribution in [0, 0.1) is 0 Å². The summed E-state index contributed by atoms with van der Waals surface area (Å²) < 4.78 is 7.00. The van der Waals surface area contributed by atoms with Gasteiger partial charge in [-0.05, 0) is 31.7 Å². The molecule has 15 heavy (non-hydrogen) atoms. The molecule has 86 valence electrons. The van der Waals surface area contributed by atoms with Crippen LogP contribution in [0.5, 0.6) is 0 Å². The minimum absolute atomic E-state index is 0.208. The van der Waals surface area contributed by atoms with Crippen molar-refractivity contribution in [3.05, 3.63) is 18.0 Å². The van der Waals surface area contributed by atoms with Gasteiger partial charge in [-0.1, -0.05) is 0 Å². The van der Waals surface area contributed by atoms with Crippen molar-refractivity contribution < 1.29 is 4.74 Å². The average Bonchev–Trinajstić information content (AvgIpc) is 2.61. The fourth-order valence-corrected chi connectivity index (χ4v) is 1.59. The normalized spacial score (nSPS) is 15.2. The second-order valence-electron chi connectivity index (χ2n) is 4.10. The molecule has 0 aliphatic rings. The molecule has 1 aromatic heterocycles. The predicted octanol–water partition coefficient (Wildman–Crippen LogP) is 1.10. The summed E-state index contributed by atoms with van der Waals surface area (Å²) in [5.74, 6) is 0. The number of aryl methyl sites for hydroxylation is 2. The standard InChI is InChI=1S/C11H21N3O/c1-9(15-3)6-11(12)5-4-10-7-13-14(2)8-10/h7-9,11H,4-6,12H2,1-3H3. The molecular formula is C11H21N3O. The van der Waals surface area contributed by atoms with Crippen LogP contribution in [0.1, 0.15) is 25.3 Å². The summed E-state index contributed by atoms with van der Waals surface area (Å²) >= 11 is 0. The van der Waals surface area contributed by atoms with E-state index in [1.807, 2.05) is 31.0 Å². The first-order valence-electron chi connectivity index (χ1n) is 5.37. The lowest BCUT2D eigenvalue weighted by atomic mass is 10.0. The van der Waals surface area contributed by atoms with Gasteiger partial charge in [0.15, 0.2) is 0 Å². The molecule has 0 aliphatic carbocycles. The molecule has 0 aromatic carbocycles. The lowest BCUT2D eigenvalue weighted by Gasteiger charge is -2.15. The van der Waals surface area contributed by atoms with Crippen LogP contribution < -0.4 is 5.73 Å². The number of methoxy groups -OCH3 is 1. The van der Waals surface area contributed by atoms with Gasteiger partial charge >= 0.3 is 0 Å². The van der Waals surface area contributed by atoms with Crippen molar-refractivity contribution >= 4 is 0 Å². The number of aromatic nitrogens is 2. The van der Waals surface area contributed by atoms with E-state index in [2.05, 4.69) is 5.10 Å². The largest absolute Gasteiger partial charge is 0.382 e. The molecule has 0 saturated carbocycles. The highest BCUT2D eigenvalue weighted by atomic mass is 16.5. The molecule has 0 radical (unpaired) electrons. The SMILES string of the molecule is COC(C)CC(N)CCc1cnn(C)c1. The maximum absolute atomic E-state index is 6.00. The van der Waals surface area contributed by atoms with E-state index in [9.17, 15) is 0 Å². The molecule has 2 N–H and O–H groups in total. The van der Waals surface area contributed by atoms with E-state index < -0.39 is 0 Å². The summed E-state index contributed by atoms with van der Waals surface area (Å²) in [6.07, 6.45) is 7.06. The molecular weight excluding hydrogens is 190 g/mol. The van der Waals surface area contributed by atoms with Crippen LogP contribution in [-0.4, -0.2) is 29.0 Å². The maximum Gasteiger partial charge on any atom is 0.0558 e. The smallest absolute Gasteiger partial charge is 0.0558 e. The van der Waals surface area contributed by atoms with Crippen LogP contribution in [0.25, 0.3) is 0 Å². The van der Waals surface area contributed by atoms with Crippen molar-refractivity contribution in [2.24, 2.45) is 12.8 Å². The highest BCUT2D eigenvalue weighted by Gasteiger charge is 2.08. The number of nitrogens with two attached hydrogens (primary N) is 1. The molecule has 0 bridgehead atoms. The summed E-state index contributed by atoms with van der Waals surface area (Å²) in [6.45, 7) is 2.05. The van der Waals surface area contributed by atoms with Gasteiger partial charge in [-0.3, -0.25) is 4.68 Å². The molecule has 4 nitrogen and oxygen atoms in total. The van der Waals surface area contributed by atoms with Crippen molar-refractivity contribution in [3.63, 3.8) is 0 Å². The van der Waals surface area contributed by atoms with E-state index in [0.29, 0.717) is 0 Å². The van der Waals surface area contributed by atoms with Crippen molar-refractivity contribution in [1.29, 1.82) is 0 Å². The van der Waals surface area contributed by atoms with Crippen LogP contribution in [0.15, 0.2) is 12.4 Å². The van der Waals surface area contributed by atoms with Crippen molar-refractivity contribution in [2.75, 3.05) is 7.11 Å². The molecule has 0 amide bonds. The van der Waals surface area contributed by atoms with E-state index in [1.54, 1.807) is 7.11 Å². The van der Waals surface area contributed by atoms with Gasteiger partial charge < -0.3 is 10.5 Å². The molecule has 0 saturated heterocycles. The molecule has 0 fully saturated rings. The van der Waals surface area contributed by atoms with Crippen LogP contribution in [0.2, 0.25) is 0 Å². The highest BCUT2D eigenvalue weighted by Crippen LogP contribution is 2.07. The molecule has 1 rings (SSSR count). The number of rotatable bonds is 6. The number of hydrogen-bond acceptors (Lipinski definition) is 3. The van der Waals surface area contributed by atoms with Crippen molar-refractivity contribution in [2.45, 2.75) is 38.3 Å². The van der Waals surface area contributed by atoms with Crippen molar-refractivity contribution in [1.82, 2.24) is 9.78 Å². The Bertz CT molecular complexity index is 285. The van der Waals surface area contributed by atoms with E-state index >= 15 is 0 Å². The van der Waals surface area contributed by atoms with Gasteiger partial charge in [-0.15, -0.1) is 0 Å². The first-order valence-corrected chi connectivity index (χ1v) is 5.37. The Morgan fingerprint density at radius 2 is 2.33 bits per heavy atom. The van der Waals surface area contributed by atoms with Gasteiger partial charge in [0.25, 0.3) is 0 Å². The summed E-state index contributed by atoms with van der Waals surface area (Å²) in [6, 6.07) is 0.208. The van der Waals surface area contributed by atoms with Gasteiger partial charge in [0, 0.05) is 26.4 Å². The monoisotopic (exact) mass is 211 g/mol. The molecule has 2 unspecified atom stereocenters. The van der Waals surface area contributed by atoms with Gasteiger partial charge in [0.1, 0.15) is 0 Å². The lowest BCUT2D eigenvalue weighted by molar-refractivity contribution is 0.104. The minimum atomic E-state index is 0.208. The van der Waals surface area contributed by atoms with Gasteiger partial charge in [0.2, 0.25) is 0 Å². The fourth-order valence-electron chi connectivity index (χ4n) is 1.59. The zero-order chi connectivity index (χ0) is 11.3. The predicted molar refractivity (Wildman–Crippen MR) is 60.6 cm³/mol. The quantitative estimate of drug-likeness (QED) is 0.766. The van der Waals surface area contributed by atoms with Gasteiger partial charge in [-0.2, -0.15) is 5.10 Å². The Balaban J connectivity index is 2.25. The minimum Gasteiger partial charge on any atom is -0.382 e. The molecule has 4 heteroatoms. The first-order chi connectivity index (χ1) is 7.11. The second-order valence-corrected chi connectivity index (χ2v) is 4.10. The zero-order valence-corrected chi connectivity index (χ0v) is 9.81. The van der Waals surface area contributed by atoms with E-state index in [4.69, 9.17) is 10.5 Å². The maximum atomic E-state index is 6.00. The summed E-state index contributed by atoms with van der Waals surface area (Å²) in [5.41, 5.74) is 7.25. The zero-order valence-electron chi connectivity index (χ0n) is 9.81. The Morgan fingerprint density at radius 1 is 1.60 bits per heavy atom. The fraction of sp³-hybridized carbons (Fsp3) is 0.727. The molecule has 0 spiro atoms. The van der Waals surface area contributed by atoms with E-state index in [1.165, 1.54) is 5.56 Å². The molecule has 0 aliphatic heterocycles. The Kier molecular flexibility index (Phi) is 4.78. The average molecular weight is 211 g/mol. The number of hydrogen-bond donors (Lipinski definition) is 1. The van der Waals surface area contributed by atoms with Crippen LogP contribution in [0.4, 0.5) is 0 Å². The highest BCUT2D eigenvalue weighted by molar-refractivity contribution is 5.03. The summed E-state index contributed by atoms with van der Waals surface area (Å²) in [5, 5.41) is 4.12. The Labute approximate surface area is 91.4 Å². The van der Waals surface area contributed by atoms with E-state index in [-0.39, 0.29) is 12.1 Å². The summed E-state index contributed by atoms with van der Waals surface area (Å²) in [4.78, 5) is 0. The third-order valence-corrected chi connectivity index (χ3v) is 2.60.